The molecule has 26 heavy (non-hydrogen) atoms. The molecule has 7 nitrogen and oxygen atoms in total. The largest absolute Gasteiger partial charge is 0.497 e. The molecule has 0 bridgehead atoms. The highest BCUT2D eigenvalue weighted by molar-refractivity contribution is 6.03. The summed E-state index contributed by atoms with van der Waals surface area (Å²) in [7, 11) is 1.60. The maximum Gasteiger partial charge on any atom is 0.340 e. The first-order chi connectivity index (χ1) is 12.7. The summed E-state index contributed by atoms with van der Waals surface area (Å²) >= 11 is 0. The number of nitrogens with one attached hydrogen (secondary N) is 1. The molecule has 2 aromatic heterocycles. The van der Waals surface area contributed by atoms with Crippen LogP contribution < -0.4 is 4.74 Å². The van der Waals surface area contributed by atoms with Gasteiger partial charge in [0.25, 0.3) is 5.89 Å². The normalized spacial score (nSPS) is 10.8. The van der Waals surface area contributed by atoms with Crippen LogP contribution in [0.5, 0.6) is 5.75 Å². The van der Waals surface area contributed by atoms with Gasteiger partial charge in [-0.1, -0.05) is 23.4 Å². The fourth-order valence-corrected chi connectivity index (χ4v) is 2.62. The van der Waals surface area contributed by atoms with Crippen molar-refractivity contribution in [3.63, 3.8) is 0 Å². The van der Waals surface area contributed by atoms with Crippen LogP contribution in [0.25, 0.3) is 22.3 Å². The molecule has 0 aliphatic heterocycles. The van der Waals surface area contributed by atoms with Gasteiger partial charge in [0.1, 0.15) is 5.75 Å². The summed E-state index contributed by atoms with van der Waals surface area (Å²) in [4.78, 5) is 19.6. The number of carbonyl (C=O) groups excluding carboxylic acids is 1. The van der Waals surface area contributed by atoms with Crippen LogP contribution in [0.1, 0.15) is 16.2 Å². The third-order valence-electron chi connectivity index (χ3n) is 3.95. The van der Waals surface area contributed by atoms with E-state index < -0.39 is 5.97 Å². The lowest BCUT2D eigenvalue weighted by molar-refractivity contribution is 0.0432. The lowest BCUT2D eigenvalue weighted by Crippen LogP contribution is -2.04. The Balaban J connectivity index is 1.45. The van der Waals surface area contributed by atoms with E-state index in [1.54, 1.807) is 13.3 Å². The van der Waals surface area contributed by atoms with Crippen LogP contribution in [0.3, 0.4) is 0 Å². The molecule has 4 rings (SSSR count). The van der Waals surface area contributed by atoms with Crippen LogP contribution in [-0.2, 0) is 11.3 Å². The fraction of sp³-hybridized carbons (Fsp3) is 0.105. The van der Waals surface area contributed by atoms with Crippen molar-refractivity contribution in [3.05, 3.63) is 66.2 Å². The maximum absolute atomic E-state index is 12.3. The van der Waals surface area contributed by atoms with Gasteiger partial charge in [-0.15, -0.1) is 0 Å². The first-order valence-electron chi connectivity index (χ1n) is 7.95. The molecule has 0 aliphatic rings. The van der Waals surface area contributed by atoms with Gasteiger partial charge in [0.2, 0.25) is 5.82 Å². The van der Waals surface area contributed by atoms with Gasteiger partial charge in [0.05, 0.1) is 12.7 Å². The molecule has 2 aromatic carbocycles. The van der Waals surface area contributed by atoms with Crippen LogP contribution in [0.15, 0.2) is 59.3 Å². The number of methoxy groups -OCH3 is 1. The highest BCUT2D eigenvalue weighted by Crippen LogP contribution is 2.21. The molecule has 0 saturated heterocycles. The van der Waals surface area contributed by atoms with Gasteiger partial charge in [0, 0.05) is 22.7 Å². The molecule has 0 saturated carbocycles. The minimum absolute atomic E-state index is 0.0957. The van der Waals surface area contributed by atoms with Crippen LogP contribution in [0.2, 0.25) is 0 Å². The summed E-state index contributed by atoms with van der Waals surface area (Å²) in [6.07, 6.45) is 1.63. The minimum atomic E-state index is -0.452. The Morgan fingerprint density at radius 3 is 2.77 bits per heavy atom. The summed E-state index contributed by atoms with van der Waals surface area (Å²) in [6, 6.07) is 14.8. The van der Waals surface area contributed by atoms with Crippen LogP contribution in [0.4, 0.5) is 0 Å². The van der Waals surface area contributed by atoms with E-state index in [0.717, 1.165) is 22.2 Å². The zero-order chi connectivity index (χ0) is 17.9. The number of fused-ring (bicyclic) bond motifs is 1. The van der Waals surface area contributed by atoms with E-state index in [4.69, 9.17) is 14.0 Å². The number of nitrogens with zero attached hydrogens (tertiary/aromatic N) is 2. The lowest BCUT2D eigenvalue weighted by Gasteiger charge is -2.00. The molecule has 0 fully saturated rings. The molecule has 0 aliphatic carbocycles. The summed E-state index contributed by atoms with van der Waals surface area (Å²) in [6.45, 7) is -0.0957. The third-order valence-corrected chi connectivity index (χ3v) is 3.95. The molecule has 0 amide bonds. The highest BCUT2D eigenvalue weighted by Gasteiger charge is 2.15. The number of esters is 1. The molecule has 0 radical (unpaired) electrons. The summed E-state index contributed by atoms with van der Waals surface area (Å²) in [5.74, 6) is 0.937. The predicted octanol–water partition coefficient (Wildman–Crippen LogP) is 3.58. The van der Waals surface area contributed by atoms with Crippen molar-refractivity contribution in [3.8, 4) is 17.1 Å². The zero-order valence-electron chi connectivity index (χ0n) is 13.9. The Kier molecular flexibility index (Phi) is 4.10. The topological polar surface area (TPSA) is 90.2 Å². The number of carbonyl (C=O) groups is 1. The second kappa shape index (κ2) is 6.72. The molecule has 0 atom stereocenters. The second-order valence-electron chi connectivity index (χ2n) is 5.56. The molecule has 0 unspecified atom stereocenters. The van der Waals surface area contributed by atoms with Crippen LogP contribution in [0, 0.1) is 0 Å². The summed E-state index contributed by atoms with van der Waals surface area (Å²) in [5.41, 5.74) is 2.12. The van der Waals surface area contributed by atoms with Crippen molar-refractivity contribution in [2.45, 2.75) is 6.61 Å². The fourth-order valence-electron chi connectivity index (χ4n) is 2.62. The second-order valence-corrected chi connectivity index (χ2v) is 5.56. The van der Waals surface area contributed by atoms with Crippen molar-refractivity contribution < 1.29 is 18.8 Å². The van der Waals surface area contributed by atoms with Crippen molar-refractivity contribution in [1.82, 2.24) is 15.1 Å². The van der Waals surface area contributed by atoms with Crippen LogP contribution >= 0.6 is 0 Å². The van der Waals surface area contributed by atoms with Gasteiger partial charge in [-0.2, -0.15) is 4.98 Å². The Morgan fingerprint density at radius 2 is 1.96 bits per heavy atom. The molecular formula is C19H15N3O4. The average Bonchev–Trinajstić information content (AvgIpc) is 3.33. The lowest BCUT2D eigenvalue weighted by atomic mass is 10.2. The number of hydrogen-bond donors (Lipinski definition) is 1. The smallest absolute Gasteiger partial charge is 0.340 e. The quantitative estimate of drug-likeness (QED) is 0.554. The average molecular weight is 349 g/mol. The number of para-hydroxylation sites is 1. The van der Waals surface area contributed by atoms with Gasteiger partial charge < -0.3 is 19.0 Å². The van der Waals surface area contributed by atoms with Gasteiger partial charge in [-0.25, -0.2) is 4.79 Å². The van der Waals surface area contributed by atoms with Crippen molar-refractivity contribution in [2.75, 3.05) is 7.11 Å². The van der Waals surface area contributed by atoms with Gasteiger partial charge >= 0.3 is 5.97 Å². The first-order valence-corrected chi connectivity index (χ1v) is 7.95. The molecule has 4 aromatic rings. The zero-order valence-corrected chi connectivity index (χ0v) is 13.9. The van der Waals surface area contributed by atoms with Gasteiger partial charge in [-0.05, 0) is 30.3 Å². The van der Waals surface area contributed by atoms with Crippen molar-refractivity contribution >= 4 is 16.9 Å². The Morgan fingerprint density at radius 1 is 1.15 bits per heavy atom. The monoisotopic (exact) mass is 349 g/mol. The number of aromatic nitrogens is 3. The Labute approximate surface area is 148 Å². The molecule has 1 N–H and O–H groups in total. The number of hydrogen-bond acceptors (Lipinski definition) is 6. The van der Waals surface area contributed by atoms with Crippen LogP contribution in [-0.4, -0.2) is 28.2 Å². The number of ether oxygens (including phenoxy) is 2. The molecule has 130 valence electrons. The Hall–Kier alpha value is -3.61. The number of rotatable bonds is 5. The predicted molar refractivity (Wildman–Crippen MR) is 93.7 cm³/mol. The standard InChI is InChI=1S/C19H15N3O4/c1-24-13-8-6-12(7-9-13)18-21-17(26-22-18)11-25-19(23)15-10-20-16-5-3-2-4-14(15)16/h2-10,20H,11H2,1H3. The van der Waals surface area contributed by atoms with E-state index in [-0.39, 0.29) is 12.5 Å². The van der Waals surface area contributed by atoms with Gasteiger partial charge in [0.15, 0.2) is 6.61 Å². The van der Waals surface area contributed by atoms with Crippen molar-refractivity contribution in [1.29, 1.82) is 0 Å². The minimum Gasteiger partial charge on any atom is -0.497 e. The number of aromatic amines is 1. The first kappa shape index (κ1) is 15.9. The van der Waals surface area contributed by atoms with E-state index in [1.807, 2.05) is 48.5 Å². The number of H-pyrrole nitrogens is 1. The summed E-state index contributed by atoms with van der Waals surface area (Å²) in [5, 5.41) is 4.72. The Bertz CT molecular complexity index is 1050. The maximum atomic E-state index is 12.3. The van der Waals surface area contributed by atoms with Gasteiger partial charge in [-0.3, -0.25) is 0 Å². The molecule has 0 spiro atoms. The van der Waals surface area contributed by atoms with E-state index in [9.17, 15) is 4.79 Å². The van der Waals surface area contributed by atoms with E-state index >= 15 is 0 Å². The SMILES string of the molecule is COc1ccc(-c2noc(COC(=O)c3c[nH]c4ccccc34)n2)cc1. The van der Waals surface area contributed by atoms with E-state index in [1.165, 1.54) is 0 Å². The van der Waals surface area contributed by atoms with E-state index in [2.05, 4.69) is 15.1 Å². The molecular weight excluding hydrogens is 334 g/mol. The highest BCUT2D eigenvalue weighted by atomic mass is 16.6. The molecule has 7 heteroatoms. The molecule has 2 heterocycles. The van der Waals surface area contributed by atoms with Crippen molar-refractivity contribution in [2.24, 2.45) is 0 Å². The summed E-state index contributed by atoms with van der Waals surface area (Å²) < 4.78 is 15.6. The van der Waals surface area contributed by atoms with E-state index in [0.29, 0.717) is 11.4 Å². The number of benzene rings is 2. The third kappa shape index (κ3) is 3.02.